The Morgan fingerprint density at radius 1 is 1.26 bits per heavy atom. The number of rotatable bonds is 7. The smallest absolute Gasteiger partial charge is 0.0633 e. The van der Waals surface area contributed by atoms with Gasteiger partial charge in [-0.1, -0.05) is 24.3 Å². The van der Waals surface area contributed by atoms with Gasteiger partial charge in [0.1, 0.15) is 0 Å². The Morgan fingerprint density at radius 2 is 1.96 bits per heavy atom. The van der Waals surface area contributed by atoms with Crippen molar-refractivity contribution >= 4 is 11.6 Å². The molecule has 0 bridgehead atoms. The number of morpholine rings is 1. The molecule has 2 heterocycles. The predicted molar refractivity (Wildman–Crippen MR) is 95.7 cm³/mol. The van der Waals surface area contributed by atoms with Gasteiger partial charge in [-0.15, -0.1) is 0 Å². The fourth-order valence-electron chi connectivity index (χ4n) is 3.04. The summed E-state index contributed by atoms with van der Waals surface area (Å²) in [6.45, 7) is 13.3. The molecule has 23 heavy (non-hydrogen) atoms. The van der Waals surface area contributed by atoms with Gasteiger partial charge < -0.3 is 14.4 Å². The van der Waals surface area contributed by atoms with E-state index in [9.17, 15) is 0 Å². The van der Waals surface area contributed by atoms with Gasteiger partial charge in [-0.05, 0) is 31.9 Å². The van der Waals surface area contributed by atoms with Crippen LogP contribution in [0, 0.1) is 0 Å². The number of allylic oxidation sites excluding steroid dienone is 4. The largest absolute Gasteiger partial charge is 0.379 e. The molecule has 2 aliphatic rings. The van der Waals surface area contributed by atoms with Crippen LogP contribution in [0.25, 0.3) is 0 Å². The van der Waals surface area contributed by atoms with Crippen LogP contribution in [0.15, 0.2) is 35.5 Å². The van der Waals surface area contributed by atoms with Gasteiger partial charge in [-0.3, -0.25) is 4.90 Å². The number of halogens is 1. The number of hydrogen-bond acceptors (Lipinski definition) is 4. The summed E-state index contributed by atoms with van der Waals surface area (Å²) in [5.41, 5.74) is 1.07. The van der Waals surface area contributed by atoms with Gasteiger partial charge in [0.05, 0.1) is 36.7 Å². The SMILES string of the molecule is C=C/C(Cl)=C(\C=C/C)N1CCC(OCCN2CCOCC2)CC1. The van der Waals surface area contributed by atoms with Crippen molar-refractivity contribution in [2.45, 2.75) is 25.9 Å². The van der Waals surface area contributed by atoms with Crippen LogP contribution in [0.2, 0.25) is 0 Å². The Bertz CT molecular complexity index is 423. The summed E-state index contributed by atoms with van der Waals surface area (Å²) in [6, 6.07) is 0. The molecule has 0 N–H and O–H groups in total. The molecule has 0 unspecified atom stereocenters. The zero-order valence-corrected chi connectivity index (χ0v) is 14.9. The highest BCUT2D eigenvalue weighted by molar-refractivity contribution is 6.31. The first kappa shape index (κ1) is 18.5. The molecule has 0 amide bonds. The van der Waals surface area contributed by atoms with Crippen LogP contribution < -0.4 is 0 Å². The van der Waals surface area contributed by atoms with Crippen molar-refractivity contribution in [2.75, 3.05) is 52.5 Å². The molecule has 5 heteroatoms. The summed E-state index contributed by atoms with van der Waals surface area (Å²) in [7, 11) is 0. The molecule has 2 aliphatic heterocycles. The van der Waals surface area contributed by atoms with Gasteiger partial charge >= 0.3 is 0 Å². The maximum absolute atomic E-state index is 6.27. The lowest BCUT2D eigenvalue weighted by Gasteiger charge is -2.35. The molecule has 4 nitrogen and oxygen atoms in total. The Balaban J connectivity index is 1.71. The average Bonchev–Trinajstić information content (AvgIpc) is 2.61. The van der Waals surface area contributed by atoms with E-state index in [1.807, 2.05) is 13.0 Å². The van der Waals surface area contributed by atoms with Gasteiger partial charge in [0.15, 0.2) is 0 Å². The molecule has 2 rings (SSSR count). The maximum Gasteiger partial charge on any atom is 0.0633 e. The third kappa shape index (κ3) is 5.96. The lowest BCUT2D eigenvalue weighted by molar-refractivity contribution is -0.0147. The second kappa shape index (κ2) is 10.1. The quantitative estimate of drug-likeness (QED) is 0.665. The van der Waals surface area contributed by atoms with E-state index in [-0.39, 0.29) is 0 Å². The molecule has 2 saturated heterocycles. The van der Waals surface area contributed by atoms with Gasteiger partial charge in [0.2, 0.25) is 0 Å². The van der Waals surface area contributed by atoms with E-state index in [1.165, 1.54) is 0 Å². The lowest BCUT2D eigenvalue weighted by atomic mass is 10.1. The molecular formula is C18H29ClN2O2. The molecule has 0 aromatic heterocycles. The molecular weight excluding hydrogens is 312 g/mol. The van der Waals surface area contributed by atoms with E-state index in [4.69, 9.17) is 21.1 Å². The second-order valence-electron chi connectivity index (χ2n) is 5.95. The lowest BCUT2D eigenvalue weighted by Crippen LogP contribution is -2.40. The number of nitrogens with zero attached hydrogens (tertiary/aromatic N) is 2. The van der Waals surface area contributed by atoms with Crippen LogP contribution in [-0.2, 0) is 9.47 Å². The van der Waals surface area contributed by atoms with Crippen molar-refractivity contribution in [3.8, 4) is 0 Å². The third-order valence-electron chi connectivity index (χ3n) is 4.40. The summed E-state index contributed by atoms with van der Waals surface area (Å²) in [5.74, 6) is 0. The monoisotopic (exact) mass is 340 g/mol. The predicted octanol–water partition coefficient (Wildman–Crippen LogP) is 3.01. The summed E-state index contributed by atoms with van der Waals surface area (Å²) in [6.07, 6.45) is 8.25. The van der Waals surface area contributed by atoms with Crippen molar-refractivity contribution in [3.05, 3.63) is 35.5 Å². The van der Waals surface area contributed by atoms with E-state index in [2.05, 4.69) is 22.5 Å². The van der Waals surface area contributed by atoms with Crippen LogP contribution in [0.4, 0.5) is 0 Å². The van der Waals surface area contributed by atoms with Crippen LogP contribution in [-0.4, -0.2) is 68.4 Å². The standard InChI is InChI=1S/C18H29ClN2O2/c1-3-5-18(17(19)4-2)21-8-6-16(7-9-21)23-15-12-20-10-13-22-14-11-20/h3-5,16H,2,6-15H2,1H3/b5-3-,18-17-. The number of hydrogen-bond donors (Lipinski definition) is 0. The first-order valence-electron chi connectivity index (χ1n) is 8.56. The molecule has 0 aliphatic carbocycles. The summed E-state index contributed by atoms with van der Waals surface area (Å²) in [5, 5.41) is 0.717. The first-order chi connectivity index (χ1) is 11.2. The Morgan fingerprint density at radius 3 is 2.57 bits per heavy atom. The van der Waals surface area contributed by atoms with Gasteiger partial charge in [-0.25, -0.2) is 0 Å². The average molecular weight is 341 g/mol. The van der Waals surface area contributed by atoms with Gasteiger partial charge in [-0.2, -0.15) is 0 Å². The number of piperidine rings is 1. The Hall–Kier alpha value is -0.810. The molecule has 0 aromatic rings. The highest BCUT2D eigenvalue weighted by atomic mass is 35.5. The molecule has 2 fully saturated rings. The highest BCUT2D eigenvalue weighted by Crippen LogP contribution is 2.23. The van der Waals surface area contributed by atoms with Gasteiger partial charge in [0, 0.05) is 32.7 Å². The van der Waals surface area contributed by atoms with E-state index in [1.54, 1.807) is 6.08 Å². The number of likely N-dealkylation sites (tertiary alicyclic amines) is 1. The minimum absolute atomic E-state index is 0.363. The van der Waals surface area contributed by atoms with Crippen LogP contribution in [0.3, 0.4) is 0 Å². The van der Waals surface area contributed by atoms with Crippen LogP contribution in [0.5, 0.6) is 0 Å². The summed E-state index contributed by atoms with van der Waals surface area (Å²) >= 11 is 6.27. The fourth-order valence-corrected chi connectivity index (χ4v) is 3.22. The topological polar surface area (TPSA) is 24.9 Å². The van der Waals surface area contributed by atoms with Crippen molar-refractivity contribution in [1.82, 2.24) is 9.80 Å². The van der Waals surface area contributed by atoms with Crippen LogP contribution >= 0.6 is 11.6 Å². The van der Waals surface area contributed by atoms with Crippen molar-refractivity contribution in [1.29, 1.82) is 0 Å². The molecule has 0 radical (unpaired) electrons. The molecule has 130 valence electrons. The molecule has 0 spiro atoms. The minimum Gasteiger partial charge on any atom is -0.379 e. The zero-order chi connectivity index (χ0) is 16.5. The molecule has 0 atom stereocenters. The third-order valence-corrected chi connectivity index (χ3v) is 4.74. The van der Waals surface area contributed by atoms with Crippen molar-refractivity contribution < 1.29 is 9.47 Å². The van der Waals surface area contributed by atoms with Crippen LogP contribution in [0.1, 0.15) is 19.8 Å². The molecule has 0 aromatic carbocycles. The zero-order valence-electron chi connectivity index (χ0n) is 14.2. The fraction of sp³-hybridized carbons (Fsp3) is 0.667. The summed E-state index contributed by atoms with van der Waals surface area (Å²) < 4.78 is 11.4. The molecule has 0 saturated carbocycles. The first-order valence-corrected chi connectivity index (χ1v) is 8.94. The van der Waals surface area contributed by atoms with E-state index >= 15 is 0 Å². The Labute approximate surface area is 145 Å². The van der Waals surface area contributed by atoms with Crippen molar-refractivity contribution in [3.63, 3.8) is 0 Å². The van der Waals surface area contributed by atoms with Crippen molar-refractivity contribution in [2.24, 2.45) is 0 Å². The Kier molecular flexibility index (Phi) is 8.17. The van der Waals surface area contributed by atoms with Gasteiger partial charge in [0.25, 0.3) is 0 Å². The van der Waals surface area contributed by atoms with E-state index in [0.29, 0.717) is 6.10 Å². The second-order valence-corrected chi connectivity index (χ2v) is 6.36. The normalized spacial score (nSPS) is 22.4. The van der Waals surface area contributed by atoms with E-state index < -0.39 is 0 Å². The summed E-state index contributed by atoms with van der Waals surface area (Å²) in [4.78, 5) is 4.74. The maximum atomic E-state index is 6.27. The highest BCUT2D eigenvalue weighted by Gasteiger charge is 2.21. The van der Waals surface area contributed by atoms with E-state index in [0.717, 1.165) is 76.1 Å². The number of ether oxygens (including phenoxy) is 2. The minimum atomic E-state index is 0.363.